The maximum atomic E-state index is 11.7. The minimum absolute atomic E-state index is 0.251. The fourth-order valence-electron chi connectivity index (χ4n) is 3.79. The van der Waals surface area contributed by atoms with Crippen LogP contribution in [0.1, 0.15) is 32.8 Å². The van der Waals surface area contributed by atoms with E-state index < -0.39 is 5.69 Å². The molecule has 2 aromatic carbocycles. The van der Waals surface area contributed by atoms with Crippen LogP contribution in [0.3, 0.4) is 0 Å². The Kier molecular flexibility index (Phi) is 5.24. The first-order valence-corrected chi connectivity index (χ1v) is 10.3. The molecule has 0 fully saturated rings. The summed E-state index contributed by atoms with van der Waals surface area (Å²) in [6, 6.07) is 14.1. The molecule has 30 heavy (non-hydrogen) atoms. The van der Waals surface area contributed by atoms with Crippen molar-refractivity contribution >= 4 is 21.8 Å². The summed E-state index contributed by atoms with van der Waals surface area (Å²) in [6.07, 6.45) is 3.20. The number of nitrogens with one attached hydrogen (secondary N) is 2. The summed E-state index contributed by atoms with van der Waals surface area (Å²) in [5, 5.41) is 2.39. The van der Waals surface area contributed by atoms with E-state index in [4.69, 9.17) is 4.74 Å². The van der Waals surface area contributed by atoms with Crippen molar-refractivity contribution in [2.45, 2.75) is 40.2 Å². The first-order valence-electron chi connectivity index (χ1n) is 10.3. The van der Waals surface area contributed by atoms with E-state index in [2.05, 4.69) is 55.0 Å². The number of H-pyrrole nitrogens is 2. The number of hydrogen-bond donors (Lipinski definition) is 2. The van der Waals surface area contributed by atoms with Gasteiger partial charge in [-0.15, -0.1) is 0 Å². The summed E-state index contributed by atoms with van der Waals surface area (Å²) >= 11 is 0. The zero-order valence-corrected chi connectivity index (χ0v) is 17.6. The monoisotopic (exact) mass is 405 g/mol. The van der Waals surface area contributed by atoms with Crippen LogP contribution >= 0.6 is 0 Å². The van der Waals surface area contributed by atoms with Gasteiger partial charge in [0.1, 0.15) is 5.75 Å². The molecule has 0 aliphatic heterocycles. The lowest BCUT2D eigenvalue weighted by Crippen LogP contribution is -2.29. The Morgan fingerprint density at radius 1 is 0.933 bits per heavy atom. The van der Waals surface area contributed by atoms with Crippen molar-refractivity contribution in [1.82, 2.24) is 14.5 Å². The van der Waals surface area contributed by atoms with Crippen molar-refractivity contribution in [2.24, 2.45) is 5.41 Å². The molecule has 0 radical (unpaired) electrons. The van der Waals surface area contributed by atoms with Crippen molar-refractivity contribution in [3.05, 3.63) is 75.1 Å². The molecule has 2 heterocycles. The van der Waals surface area contributed by atoms with Crippen molar-refractivity contribution in [3.8, 4) is 5.75 Å². The van der Waals surface area contributed by atoms with E-state index in [1.807, 2.05) is 12.1 Å². The number of rotatable bonds is 6. The summed E-state index contributed by atoms with van der Waals surface area (Å²) in [7, 11) is 0. The van der Waals surface area contributed by atoms with Gasteiger partial charge in [0.25, 0.3) is 5.56 Å². The van der Waals surface area contributed by atoms with Crippen molar-refractivity contribution in [1.29, 1.82) is 0 Å². The molecule has 0 saturated heterocycles. The molecule has 0 bridgehead atoms. The van der Waals surface area contributed by atoms with Gasteiger partial charge in [-0.3, -0.25) is 9.78 Å². The average molecular weight is 405 g/mol. The molecular formula is C24H27N3O3. The van der Waals surface area contributed by atoms with Gasteiger partial charge in [-0.05, 0) is 42.0 Å². The van der Waals surface area contributed by atoms with E-state index in [1.165, 1.54) is 33.2 Å². The second-order valence-electron chi connectivity index (χ2n) is 8.96. The predicted octanol–water partition coefficient (Wildman–Crippen LogP) is 4.23. The number of aromatic nitrogens is 3. The van der Waals surface area contributed by atoms with Crippen LogP contribution < -0.4 is 16.0 Å². The van der Waals surface area contributed by atoms with Crippen LogP contribution in [0.15, 0.2) is 58.3 Å². The lowest BCUT2D eigenvalue weighted by atomic mass is 9.88. The number of hydrogen-bond acceptors (Lipinski definition) is 3. The maximum Gasteiger partial charge on any atom is 0.328 e. The number of aryl methyl sites for hydroxylation is 1. The molecular weight excluding hydrogens is 378 g/mol. The van der Waals surface area contributed by atoms with E-state index in [0.29, 0.717) is 19.6 Å². The molecule has 6 heteroatoms. The van der Waals surface area contributed by atoms with E-state index in [0.717, 1.165) is 23.2 Å². The maximum absolute atomic E-state index is 11.7. The summed E-state index contributed by atoms with van der Waals surface area (Å²) in [5.74, 6) is 0.790. The highest BCUT2D eigenvalue weighted by molar-refractivity contribution is 6.07. The molecule has 0 atom stereocenters. The topological polar surface area (TPSA) is 79.9 Å². The van der Waals surface area contributed by atoms with Crippen LogP contribution in [0.5, 0.6) is 5.75 Å². The van der Waals surface area contributed by atoms with E-state index in [-0.39, 0.29) is 11.0 Å². The first kappa shape index (κ1) is 20.0. The molecule has 0 aliphatic carbocycles. The Balaban J connectivity index is 1.45. The highest BCUT2D eigenvalue weighted by Crippen LogP contribution is 2.30. The first-order chi connectivity index (χ1) is 14.3. The third kappa shape index (κ3) is 4.48. The van der Waals surface area contributed by atoms with Crippen LogP contribution in [0.4, 0.5) is 0 Å². The minimum atomic E-state index is -0.396. The highest BCUT2D eigenvalue weighted by Gasteiger charge is 2.13. The summed E-state index contributed by atoms with van der Waals surface area (Å²) in [6.45, 7) is 7.71. The van der Waals surface area contributed by atoms with Crippen molar-refractivity contribution in [2.75, 3.05) is 6.61 Å². The van der Waals surface area contributed by atoms with Gasteiger partial charge in [0, 0.05) is 41.2 Å². The van der Waals surface area contributed by atoms with Gasteiger partial charge < -0.3 is 14.3 Å². The molecule has 0 aliphatic rings. The molecule has 0 spiro atoms. The average Bonchev–Trinajstić information content (AvgIpc) is 3.02. The molecule has 4 aromatic rings. The predicted molar refractivity (Wildman–Crippen MR) is 120 cm³/mol. The van der Waals surface area contributed by atoms with E-state index >= 15 is 0 Å². The zero-order chi connectivity index (χ0) is 21.3. The fourth-order valence-corrected chi connectivity index (χ4v) is 3.79. The zero-order valence-electron chi connectivity index (χ0n) is 17.6. The number of aromatic amines is 2. The highest BCUT2D eigenvalue weighted by atomic mass is 16.5. The van der Waals surface area contributed by atoms with E-state index in [9.17, 15) is 9.59 Å². The van der Waals surface area contributed by atoms with Crippen LogP contribution in [0.25, 0.3) is 21.8 Å². The van der Waals surface area contributed by atoms with Gasteiger partial charge in [0.15, 0.2) is 0 Å². The quantitative estimate of drug-likeness (QED) is 0.471. The van der Waals surface area contributed by atoms with Gasteiger partial charge in [-0.25, -0.2) is 4.79 Å². The standard InChI is InChI=1S/C24H27N3O3/c1-24(2,3)15-16-5-7-18-19-8-6-17(14-21(19)25-20(18)13-16)30-12-4-10-27-11-9-22(28)26-23(27)29/h5-9,11,13-14,25H,4,10,12,15H2,1-3H3,(H,26,28,29). The van der Waals surface area contributed by atoms with Crippen molar-refractivity contribution < 1.29 is 4.74 Å². The van der Waals surface area contributed by atoms with Gasteiger partial charge in [0.2, 0.25) is 0 Å². The number of ether oxygens (including phenoxy) is 1. The largest absolute Gasteiger partial charge is 0.493 e. The van der Waals surface area contributed by atoms with Crippen molar-refractivity contribution in [3.63, 3.8) is 0 Å². The fraction of sp³-hybridized carbons (Fsp3) is 0.333. The third-order valence-electron chi connectivity index (χ3n) is 5.08. The second-order valence-corrected chi connectivity index (χ2v) is 8.96. The molecule has 2 N–H and O–H groups in total. The molecule has 0 unspecified atom stereocenters. The Labute approximate surface area is 174 Å². The third-order valence-corrected chi connectivity index (χ3v) is 5.08. The Morgan fingerprint density at radius 2 is 1.67 bits per heavy atom. The second kappa shape index (κ2) is 7.86. The normalized spacial score (nSPS) is 12.0. The molecule has 0 amide bonds. The molecule has 4 rings (SSSR count). The van der Waals surface area contributed by atoms with Crippen LogP contribution in [-0.4, -0.2) is 21.1 Å². The van der Waals surface area contributed by atoms with Gasteiger partial charge in [-0.1, -0.05) is 32.9 Å². The molecule has 156 valence electrons. The van der Waals surface area contributed by atoms with Gasteiger partial charge >= 0.3 is 5.69 Å². The van der Waals surface area contributed by atoms with Crippen LogP contribution in [0.2, 0.25) is 0 Å². The lowest BCUT2D eigenvalue weighted by molar-refractivity contribution is 0.301. The summed E-state index contributed by atoms with van der Waals surface area (Å²) in [5.41, 5.74) is 2.99. The van der Waals surface area contributed by atoms with Gasteiger partial charge in [0.05, 0.1) is 12.1 Å². The summed E-state index contributed by atoms with van der Waals surface area (Å²) in [4.78, 5) is 28.6. The smallest absolute Gasteiger partial charge is 0.328 e. The number of nitrogens with zero attached hydrogens (tertiary/aromatic N) is 1. The number of fused-ring (bicyclic) bond motifs is 3. The molecule has 2 aromatic heterocycles. The van der Waals surface area contributed by atoms with Gasteiger partial charge in [-0.2, -0.15) is 0 Å². The molecule has 6 nitrogen and oxygen atoms in total. The number of benzene rings is 2. The Bertz CT molecular complexity index is 1310. The Hall–Kier alpha value is -3.28. The summed E-state index contributed by atoms with van der Waals surface area (Å²) < 4.78 is 7.35. The van der Waals surface area contributed by atoms with Crippen LogP contribution in [0, 0.1) is 5.41 Å². The minimum Gasteiger partial charge on any atom is -0.493 e. The SMILES string of the molecule is CC(C)(C)Cc1ccc2c(c1)[nH]c1cc(OCCCn3ccc(=O)[nH]c3=O)ccc12. The lowest BCUT2D eigenvalue weighted by Gasteiger charge is -2.17. The molecule has 0 saturated carbocycles. The Morgan fingerprint density at radius 3 is 2.40 bits per heavy atom. The van der Waals surface area contributed by atoms with Crippen LogP contribution in [-0.2, 0) is 13.0 Å². The van der Waals surface area contributed by atoms with E-state index in [1.54, 1.807) is 0 Å².